The molecule has 1 heterocycles. The summed E-state index contributed by atoms with van der Waals surface area (Å²) in [4.78, 5) is 13.7. The molecule has 0 amide bonds. The fourth-order valence-corrected chi connectivity index (χ4v) is 2.80. The van der Waals surface area contributed by atoms with E-state index in [0.717, 1.165) is 18.8 Å². The lowest BCUT2D eigenvalue weighted by Crippen LogP contribution is -2.64. The maximum atomic E-state index is 11.5. The monoisotopic (exact) mass is 262 g/mol. The SMILES string of the molecule is CC(=O)c1cccc(N2C(CO)CNCC2(C)C)c1. The van der Waals surface area contributed by atoms with Crippen LogP contribution in [-0.4, -0.2) is 42.2 Å². The number of aliphatic hydroxyl groups excluding tert-OH is 1. The van der Waals surface area contributed by atoms with Crippen LogP contribution in [0.2, 0.25) is 0 Å². The molecule has 0 saturated carbocycles. The number of benzene rings is 1. The zero-order valence-corrected chi connectivity index (χ0v) is 11.8. The molecule has 0 radical (unpaired) electrons. The van der Waals surface area contributed by atoms with E-state index in [2.05, 4.69) is 24.1 Å². The zero-order chi connectivity index (χ0) is 14.0. The van der Waals surface area contributed by atoms with Crippen LogP contribution >= 0.6 is 0 Å². The van der Waals surface area contributed by atoms with E-state index in [1.54, 1.807) is 6.92 Å². The summed E-state index contributed by atoms with van der Waals surface area (Å²) in [6.45, 7) is 7.56. The van der Waals surface area contributed by atoms with Crippen molar-refractivity contribution in [2.45, 2.75) is 32.4 Å². The van der Waals surface area contributed by atoms with Gasteiger partial charge in [0.2, 0.25) is 0 Å². The molecule has 2 rings (SSSR count). The molecule has 1 saturated heterocycles. The molecule has 4 nitrogen and oxygen atoms in total. The molecule has 1 fully saturated rings. The van der Waals surface area contributed by atoms with Gasteiger partial charge >= 0.3 is 0 Å². The highest BCUT2D eigenvalue weighted by Gasteiger charge is 2.36. The van der Waals surface area contributed by atoms with Crippen molar-refractivity contribution in [3.8, 4) is 0 Å². The van der Waals surface area contributed by atoms with Gasteiger partial charge in [0.15, 0.2) is 5.78 Å². The number of hydrogen-bond acceptors (Lipinski definition) is 4. The van der Waals surface area contributed by atoms with Crippen molar-refractivity contribution >= 4 is 11.5 Å². The highest BCUT2D eigenvalue weighted by molar-refractivity contribution is 5.95. The van der Waals surface area contributed by atoms with Crippen LogP contribution < -0.4 is 10.2 Å². The number of carbonyl (C=O) groups excluding carboxylic acids is 1. The van der Waals surface area contributed by atoms with E-state index in [0.29, 0.717) is 5.56 Å². The molecule has 2 N–H and O–H groups in total. The maximum absolute atomic E-state index is 11.5. The van der Waals surface area contributed by atoms with Gasteiger partial charge in [0.25, 0.3) is 0 Å². The summed E-state index contributed by atoms with van der Waals surface area (Å²) in [5, 5.41) is 12.9. The van der Waals surface area contributed by atoms with E-state index in [-0.39, 0.29) is 24.0 Å². The van der Waals surface area contributed by atoms with Crippen LogP contribution in [0.1, 0.15) is 31.1 Å². The fraction of sp³-hybridized carbons (Fsp3) is 0.533. The van der Waals surface area contributed by atoms with Crippen LogP contribution in [0, 0.1) is 0 Å². The molecule has 1 unspecified atom stereocenters. The second-order valence-electron chi connectivity index (χ2n) is 5.76. The van der Waals surface area contributed by atoms with Crippen LogP contribution in [0.5, 0.6) is 0 Å². The first-order valence-corrected chi connectivity index (χ1v) is 6.67. The maximum Gasteiger partial charge on any atom is 0.159 e. The number of Topliss-reactive ketones (excluding diaryl/α,β-unsaturated/α-hetero) is 1. The van der Waals surface area contributed by atoms with Crippen molar-refractivity contribution in [1.29, 1.82) is 0 Å². The molecule has 1 aromatic rings. The van der Waals surface area contributed by atoms with Crippen LogP contribution in [0.25, 0.3) is 0 Å². The first-order chi connectivity index (χ1) is 8.95. The Kier molecular flexibility index (Phi) is 3.92. The summed E-state index contributed by atoms with van der Waals surface area (Å²) in [6, 6.07) is 7.68. The number of piperazine rings is 1. The first kappa shape index (κ1) is 14.0. The number of ketones is 1. The molecule has 0 aromatic heterocycles. The minimum atomic E-state index is -0.0962. The molecule has 0 aliphatic carbocycles. The van der Waals surface area contributed by atoms with Gasteiger partial charge in [-0.2, -0.15) is 0 Å². The number of rotatable bonds is 3. The lowest BCUT2D eigenvalue weighted by molar-refractivity contribution is 0.101. The van der Waals surface area contributed by atoms with E-state index in [1.807, 2.05) is 24.3 Å². The highest BCUT2D eigenvalue weighted by atomic mass is 16.3. The normalized spacial score (nSPS) is 22.3. The highest BCUT2D eigenvalue weighted by Crippen LogP contribution is 2.29. The molecule has 1 aromatic carbocycles. The van der Waals surface area contributed by atoms with Crippen LogP contribution in [0.4, 0.5) is 5.69 Å². The van der Waals surface area contributed by atoms with Gasteiger partial charge in [0.1, 0.15) is 0 Å². The summed E-state index contributed by atoms with van der Waals surface area (Å²) in [5.41, 5.74) is 1.61. The molecule has 1 atom stereocenters. The fourth-order valence-electron chi connectivity index (χ4n) is 2.80. The third-order valence-corrected chi connectivity index (χ3v) is 3.70. The van der Waals surface area contributed by atoms with Gasteiger partial charge in [0.05, 0.1) is 12.6 Å². The Morgan fingerprint density at radius 2 is 2.26 bits per heavy atom. The number of nitrogens with one attached hydrogen (secondary N) is 1. The van der Waals surface area contributed by atoms with Crippen LogP contribution in [0.3, 0.4) is 0 Å². The number of carbonyl (C=O) groups is 1. The molecule has 104 valence electrons. The molecule has 19 heavy (non-hydrogen) atoms. The van der Waals surface area contributed by atoms with Gasteiger partial charge in [-0.3, -0.25) is 4.79 Å². The van der Waals surface area contributed by atoms with E-state index < -0.39 is 0 Å². The Morgan fingerprint density at radius 3 is 2.89 bits per heavy atom. The van der Waals surface area contributed by atoms with Crippen molar-refractivity contribution in [1.82, 2.24) is 5.32 Å². The average molecular weight is 262 g/mol. The van der Waals surface area contributed by atoms with Crippen molar-refractivity contribution < 1.29 is 9.90 Å². The Morgan fingerprint density at radius 1 is 1.53 bits per heavy atom. The standard InChI is InChI=1S/C15H22N2O2/c1-11(19)12-5-4-6-13(7-12)17-14(9-18)8-16-10-15(17,2)3/h4-7,14,16,18H,8-10H2,1-3H3. The second kappa shape index (κ2) is 5.31. The average Bonchev–Trinajstić information content (AvgIpc) is 2.37. The second-order valence-corrected chi connectivity index (χ2v) is 5.76. The number of anilines is 1. The Hall–Kier alpha value is -1.39. The van der Waals surface area contributed by atoms with Gasteiger partial charge in [-0.05, 0) is 32.9 Å². The summed E-state index contributed by atoms with van der Waals surface area (Å²) in [5.74, 6) is 0.0651. The van der Waals surface area contributed by atoms with E-state index in [4.69, 9.17) is 0 Å². The third kappa shape index (κ3) is 2.80. The van der Waals surface area contributed by atoms with E-state index >= 15 is 0 Å². The van der Waals surface area contributed by atoms with Gasteiger partial charge in [-0.1, -0.05) is 12.1 Å². The zero-order valence-electron chi connectivity index (χ0n) is 11.8. The Balaban J connectivity index is 2.41. The summed E-state index contributed by atoms with van der Waals surface area (Å²) in [7, 11) is 0. The van der Waals surface area contributed by atoms with E-state index in [9.17, 15) is 9.90 Å². The Labute approximate surface area is 114 Å². The molecular weight excluding hydrogens is 240 g/mol. The largest absolute Gasteiger partial charge is 0.394 e. The van der Waals surface area contributed by atoms with Crippen molar-refractivity contribution in [3.63, 3.8) is 0 Å². The predicted octanol–water partition coefficient (Wildman–Crippen LogP) is 1.44. The van der Waals surface area contributed by atoms with Gasteiger partial charge in [0, 0.05) is 29.9 Å². The summed E-state index contributed by atoms with van der Waals surface area (Å²) < 4.78 is 0. The van der Waals surface area contributed by atoms with Gasteiger partial charge in [-0.25, -0.2) is 0 Å². The minimum absolute atomic E-state index is 0.0333. The smallest absolute Gasteiger partial charge is 0.159 e. The summed E-state index contributed by atoms with van der Waals surface area (Å²) in [6.07, 6.45) is 0. The van der Waals surface area contributed by atoms with Gasteiger partial charge < -0.3 is 15.3 Å². The number of hydrogen-bond donors (Lipinski definition) is 2. The van der Waals surface area contributed by atoms with E-state index in [1.165, 1.54) is 0 Å². The first-order valence-electron chi connectivity index (χ1n) is 6.67. The quantitative estimate of drug-likeness (QED) is 0.809. The lowest BCUT2D eigenvalue weighted by Gasteiger charge is -2.49. The van der Waals surface area contributed by atoms with Crippen molar-refractivity contribution in [2.75, 3.05) is 24.6 Å². The Bertz CT molecular complexity index is 471. The number of nitrogens with zero attached hydrogens (tertiary/aromatic N) is 1. The van der Waals surface area contributed by atoms with Crippen LogP contribution in [0.15, 0.2) is 24.3 Å². The third-order valence-electron chi connectivity index (χ3n) is 3.70. The van der Waals surface area contributed by atoms with Gasteiger partial charge in [-0.15, -0.1) is 0 Å². The minimum Gasteiger partial charge on any atom is -0.394 e. The van der Waals surface area contributed by atoms with Crippen molar-refractivity contribution in [2.24, 2.45) is 0 Å². The van der Waals surface area contributed by atoms with Crippen molar-refractivity contribution in [3.05, 3.63) is 29.8 Å². The number of aliphatic hydroxyl groups is 1. The molecule has 1 aliphatic rings. The summed E-state index contributed by atoms with van der Waals surface area (Å²) >= 11 is 0. The molecule has 0 spiro atoms. The predicted molar refractivity (Wildman–Crippen MR) is 76.7 cm³/mol. The molecule has 4 heteroatoms. The topological polar surface area (TPSA) is 52.6 Å². The molecule has 0 bridgehead atoms. The van der Waals surface area contributed by atoms with Crippen LogP contribution in [-0.2, 0) is 0 Å². The molecule has 1 aliphatic heterocycles. The molecular formula is C15H22N2O2. The lowest BCUT2D eigenvalue weighted by atomic mass is 9.94.